The smallest absolute Gasteiger partial charge is 0.226 e. The predicted octanol–water partition coefficient (Wildman–Crippen LogP) is 2.85. The number of H-pyrrole nitrogens is 1. The summed E-state index contributed by atoms with van der Waals surface area (Å²) in [4.78, 5) is 14.9. The van der Waals surface area contributed by atoms with Gasteiger partial charge in [-0.2, -0.15) is 0 Å². The van der Waals surface area contributed by atoms with Crippen LogP contribution in [0, 0.1) is 0 Å². The fourth-order valence-corrected chi connectivity index (χ4v) is 3.82. The molecule has 0 bridgehead atoms. The van der Waals surface area contributed by atoms with Crippen molar-refractivity contribution in [1.29, 1.82) is 0 Å². The summed E-state index contributed by atoms with van der Waals surface area (Å²) in [6.07, 6.45) is 2.61. The number of sulfone groups is 1. The maximum absolute atomic E-state index is 12.8. The van der Waals surface area contributed by atoms with Crippen molar-refractivity contribution in [1.82, 2.24) is 19.9 Å². The van der Waals surface area contributed by atoms with Crippen LogP contribution in [0.3, 0.4) is 0 Å². The predicted molar refractivity (Wildman–Crippen MR) is 89.0 cm³/mol. The highest BCUT2D eigenvalue weighted by atomic mass is 32.2. The summed E-state index contributed by atoms with van der Waals surface area (Å²) in [5.74, 6) is 0. The van der Waals surface area contributed by atoms with Crippen LogP contribution in [-0.2, 0) is 9.84 Å². The molecule has 4 rings (SSSR count). The fraction of sp³-hybridized carbons (Fsp3) is 0. The maximum Gasteiger partial charge on any atom is 0.226 e. The van der Waals surface area contributed by atoms with Crippen molar-refractivity contribution < 1.29 is 8.42 Å². The molecule has 0 unspecified atom stereocenters. The van der Waals surface area contributed by atoms with E-state index in [1.165, 1.54) is 12.7 Å². The summed E-state index contributed by atoms with van der Waals surface area (Å²) in [5, 5.41) is -0.0961. The molecule has 0 saturated heterocycles. The summed E-state index contributed by atoms with van der Waals surface area (Å²) in [7, 11) is -3.77. The zero-order chi connectivity index (χ0) is 16.6. The second-order valence-electron chi connectivity index (χ2n) is 5.17. The van der Waals surface area contributed by atoms with Crippen LogP contribution in [-0.4, -0.2) is 28.4 Å². The molecule has 4 aromatic rings. The van der Waals surface area contributed by atoms with Crippen LogP contribution in [0.25, 0.3) is 22.3 Å². The Bertz CT molecular complexity index is 1100. The highest BCUT2D eigenvalue weighted by molar-refractivity contribution is 7.91. The molecule has 2 heterocycles. The number of rotatable bonds is 3. The first-order chi connectivity index (χ1) is 11.7. The van der Waals surface area contributed by atoms with Crippen LogP contribution in [0.5, 0.6) is 0 Å². The van der Waals surface area contributed by atoms with Crippen LogP contribution in [0.4, 0.5) is 0 Å². The van der Waals surface area contributed by atoms with Gasteiger partial charge in [0, 0.05) is 0 Å². The number of aromatic amines is 1. The molecule has 0 aliphatic carbocycles. The maximum atomic E-state index is 12.8. The van der Waals surface area contributed by atoms with Crippen molar-refractivity contribution in [2.45, 2.75) is 9.92 Å². The van der Waals surface area contributed by atoms with E-state index in [4.69, 9.17) is 0 Å². The van der Waals surface area contributed by atoms with Crippen LogP contribution in [0.1, 0.15) is 0 Å². The average Bonchev–Trinajstić information content (AvgIpc) is 3.11. The number of aromatic nitrogens is 4. The molecule has 0 atom stereocenters. The van der Waals surface area contributed by atoms with E-state index in [1.54, 1.807) is 24.3 Å². The van der Waals surface area contributed by atoms with Crippen molar-refractivity contribution in [3.63, 3.8) is 0 Å². The zero-order valence-corrected chi connectivity index (χ0v) is 13.2. The van der Waals surface area contributed by atoms with Crippen molar-refractivity contribution >= 4 is 21.0 Å². The highest BCUT2D eigenvalue weighted by Gasteiger charge is 2.23. The van der Waals surface area contributed by atoms with E-state index in [2.05, 4.69) is 19.9 Å². The molecule has 7 heteroatoms. The lowest BCUT2D eigenvalue weighted by atomic mass is 10.1. The Hall–Kier alpha value is -3.06. The monoisotopic (exact) mass is 336 g/mol. The molecule has 1 N–H and O–H groups in total. The van der Waals surface area contributed by atoms with E-state index in [0.717, 1.165) is 11.1 Å². The summed E-state index contributed by atoms with van der Waals surface area (Å²) < 4.78 is 25.7. The summed E-state index contributed by atoms with van der Waals surface area (Å²) in [6.45, 7) is 0. The molecular formula is C17H12N4O2S. The van der Waals surface area contributed by atoms with Crippen molar-refractivity contribution in [3.05, 3.63) is 67.3 Å². The lowest BCUT2D eigenvalue weighted by molar-refractivity contribution is 0.593. The van der Waals surface area contributed by atoms with Gasteiger partial charge in [0.1, 0.15) is 11.8 Å². The number of nitrogens with one attached hydrogen (secondary N) is 1. The molecule has 2 aromatic carbocycles. The number of fused-ring (bicyclic) bond motifs is 1. The fourth-order valence-electron chi connectivity index (χ4n) is 2.51. The minimum atomic E-state index is -3.77. The molecule has 6 nitrogen and oxygen atoms in total. The van der Waals surface area contributed by atoms with Crippen molar-refractivity contribution in [2.24, 2.45) is 0 Å². The van der Waals surface area contributed by atoms with Crippen molar-refractivity contribution in [3.8, 4) is 11.1 Å². The van der Waals surface area contributed by atoms with Gasteiger partial charge in [0.2, 0.25) is 9.84 Å². The number of benzene rings is 2. The molecule has 0 fully saturated rings. The second kappa shape index (κ2) is 5.54. The number of hydrogen-bond donors (Lipinski definition) is 1. The third kappa shape index (κ3) is 2.35. The van der Waals surface area contributed by atoms with E-state index in [1.807, 2.05) is 30.3 Å². The van der Waals surface area contributed by atoms with Gasteiger partial charge in [-0.15, -0.1) is 0 Å². The molecule has 0 radical (unpaired) electrons. The summed E-state index contributed by atoms with van der Waals surface area (Å²) >= 11 is 0. The summed E-state index contributed by atoms with van der Waals surface area (Å²) in [5.41, 5.74) is 2.61. The van der Waals surface area contributed by atoms with E-state index < -0.39 is 9.84 Å². The molecule has 0 aliphatic heterocycles. The molecule has 118 valence electrons. The zero-order valence-electron chi connectivity index (χ0n) is 12.4. The van der Waals surface area contributed by atoms with Crippen LogP contribution in [0.15, 0.2) is 77.2 Å². The number of nitrogens with zero attached hydrogens (tertiary/aromatic N) is 3. The van der Waals surface area contributed by atoms with Crippen LogP contribution >= 0.6 is 0 Å². The van der Waals surface area contributed by atoms with E-state index in [0.29, 0.717) is 5.65 Å². The van der Waals surface area contributed by atoms with Gasteiger partial charge >= 0.3 is 0 Å². The first-order valence-corrected chi connectivity index (χ1v) is 8.69. The SMILES string of the molecule is O=S(=O)(c1ccc(-c2ccccc2)cc1)c1ncnc2[nH]cnc12. The Morgan fingerprint density at radius 1 is 0.792 bits per heavy atom. The Labute approximate surface area is 138 Å². The topological polar surface area (TPSA) is 88.6 Å². The number of imidazole rings is 1. The molecule has 0 spiro atoms. The first-order valence-electron chi connectivity index (χ1n) is 7.21. The van der Waals surface area contributed by atoms with Crippen molar-refractivity contribution in [2.75, 3.05) is 0 Å². The molecule has 0 saturated carbocycles. The Balaban J connectivity index is 1.79. The van der Waals surface area contributed by atoms with Crippen LogP contribution in [0.2, 0.25) is 0 Å². The molecule has 0 amide bonds. The molecule has 24 heavy (non-hydrogen) atoms. The quantitative estimate of drug-likeness (QED) is 0.581. The van der Waals surface area contributed by atoms with Gasteiger partial charge in [-0.1, -0.05) is 42.5 Å². The Kier molecular flexibility index (Phi) is 3.35. The largest absolute Gasteiger partial charge is 0.329 e. The van der Waals surface area contributed by atoms with Gasteiger partial charge < -0.3 is 4.98 Å². The molecule has 2 aromatic heterocycles. The average molecular weight is 336 g/mol. The van der Waals surface area contributed by atoms with Gasteiger partial charge in [0.25, 0.3) is 0 Å². The van der Waals surface area contributed by atoms with E-state index in [9.17, 15) is 8.42 Å². The van der Waals surface area contributed by atoms with E-state index >= 15 is 0 Å². The standard InChI is InChI=1S/C17H12N4O2S/c22-24(23,17-15-16(19-10-18-15)20-11-21-17)14-8-6-13(7-9-14)12-4-2-1-3-5-12/h1-11H,(H,18,19,20,21). The lowest BCUT2D eigenvalue weighted by Crippen LogP contribution is -2.06. The normalized spacial score (nSPS) is 11.7. The van der Waals surface area contributed by atoms with Crippen LogP contribution < -0.4 is 0 Å². The number of hydrogen-bond acceptors (Lipinski definition) is 5. The minimum absolute atomic E-state index is 0.0961. The Morgan fingerprint density at radius 2 is 1.50 bits per heavy atom. The van der Waals surface area contributed by atoms with Gasteiger partial charge in [-0.25, -0.2) is 23.4 Å². The lowest BCUT2D eigenvalue weighted by Gasteiger charge is -2.06. The molecular weight excluding hydrogens is 324 g/mol. The third-order valence-electron chi connectivity index (χ3n) is 3.71. The minimum Gasteiger partial charge on any atom is -0.329 e. The van der Waals surface area contributed by atoms with Gasteiger partial charge in [0.05, 0.1) is 11.2 Å². The third-order valence-corrected chi connectivity index (χ3v) is 5.41. The summed E-state index contributed by atoms with van der Waals surface area (Å²) in [6, 6.07) is 16.5. The van der Waals surface area contributed by atoms with Gasteiger partial charge in [-0.05, 0) is 23.3 Å². The second-order valence-corrected chi connectivity index (χ2v) is 7.04. The van der Waals surface area contributed by atoms with Gasteiger partial charge in [0.15, 0.2) is 10.7 Å². The van der Waals surface area contributed by atoms with E-state index in [-0.39, 0.29) is 15.4 Å². The Morgan fingerprint density at radius 3 is 2.25 bits per heavy atom. The first kappa shape index (κ1) is 14.5. The van der Waals surface area contributed by atoms with Gasteiger partial charge in [-0.3, -0.25) is 0 Å². The molecule has 0 aliphatic rings. The highest BCUT2D eigenvalue weighted by Crippen LogP contribution is 2.26.